The van der Waals surface area contributed by atoms with Crippen molar-refractivity contribution >= 4 is 0 Å². The van der Waals surface area contributed by atoms with E-state index in [1.54, 1.807) is 20.1 Å². The highest BCUT2D eigenvalue weighted by Gasteiger charge is 2.18. The lowest BCUT2D eigenvalue weighted by Gasteiger charge is -2.28. The highest BCUT2D eigenvalue weighted by molar-refractivity contribution is 5.47. The van der Waals surface area contributed by atoms with Crippen molar-refractivity contribution in [2.45, 2.75) is 26.8 Å². The van der Waals surface area contributed by atoms with Crippen molar-refractivity contribution in [1.29, 1.82) is 0 Å². The molecule has 0 bridgehead atoms. The van der Waals surface area contributed by atoms with Gasteiger partial charge in [0, 0.05) is 38.3 Å². The molecule has 1 saturated heterocycles. The summed E-state index contributed by atoms with van der Waals surface area (Å²) in [5, 5.41) is 3.33. The molecule has 0 saturated carbocycles. The van der Waals surface area contributed by atoms with Crippen molar-refractivity contribution in [3.05, 3.63) is 28.6 Å². The molecule has 1 heterocycles. The van der Waals surface area contributed by atoms with Crippen molar-refractivity contribution in [2.24, 2.45) is 0 Å². The van der Waals surface area contributed by atoms with Crippen molar-refractivity contribution in [3.63, 3.8) is 0 Å². The van der Waals surface area contributed by atoms with Crippen LogP contribution in [-0.4, -0.2) is 38.2 Å². The van der Waals surface area contributed by atoms with Crippen molar-refractivity contribution in [1.82, 2.24) is 10.2 Å². The Morgan fingerprint density at radius 1 is 1.37 bits per heavy atom. The molecule has 3 nitrogen and oxygen atoms in total. The smallest absolute Gasteiger partial charge is 0.130 e. The van der Waals surface area contributed by atoms with Gasteiger partial charge < -0.3 is 10.1 Å². The molecule has 0 unspecified atom stereocenters. The Balaban J connectivity index is 2.30. The molecule has 0 atom stereocenters. The minimum atomic E-state index is -0.167. The zero-order valence-corrected chi connectivity index (χ0v) is 12.1. The molecule has 1 aromatic carbocycles. The number of methoxy groups -OCH3 is 1. The molecule has 0 aliphatic carbocycles. The lowest BCUT2D eigenvalue weighted by Crippen LogP contribution is -2.43. The van der Waals surface area contributed by atoms with Gasteiger partial charge in [-0.15, -0.1) is 0 Å². The summed E-state index contributed by atoms with van der Waals surface area (Å²) < 4.78 is 19.4. The summed E-state index contributed by atoms with van der Waals surface area (Å²) in [6, 6.07) is 1.68. The molecular weight excluding hydrogens is 243 g/mol. The van der Waals surface area contributed by atoms with Crippen LogP contribution in [0.25, 0.3) is 0 Å². The van der Waals surface area contributed by atoms with Gasteiger partial charge in [-0.05, 0) is 30.5 Å². The summed E-state index contributed by atoms with van der Waals surface area (Å²) in [7, 11) is 1.62. The van der Waals surface area contributed by atoms with Crippen LogP contribution in [-0.2, 0) is 13.0 Å². The van der Waals surface area contributed by atoms with Crippen molar-refractivity contribution < 1.29 is 9.13 Å². The molecule has 0 spiro atoms. The molecule has 1 aromatic rings. The van der Waals surface area contributed by atoms with Crippen molar-refractivity contribution in [3.8, 4) is 5.75 Å². The van der Waals surface area contributed by atoms with Crippen LogP contribution in [0.15, 0.2) is 6.07 Å². The standard InChI is InChI=1S/C15H23FN2O/c1-4-13-12(10-18-7-5-17-6-8-18)9-14(16)11(2)15(13)19-3/h9,17H,4-8,10H2,1-3H3. The Morgan fingerprint density at radius 3 is 2.63 bits per heavy atom. The largest absolute Gasteiger partial charge is 0.496 e. The number of nitrogens with zero attached hydrogens (tertiary/aromatic N) is 1. The number of nitrogens with one attached hydrogen (secondary N) is 1. The molecule has 1 aliphatic heterocycles. The molecule has 4 heteroatoms. The van der Waals surface area contributed by atoms with Gasteiger partial charge in [-0.2, -0.15) is 0 Å². The monoisotopic (exact) mass is 266 g/mol. The highest BCUT2D eigenvalue weighted by atomic mass is 19.1. The van der Waals surface area contributed by atoms with E-state index in [9.17, 15) is 4.39 Å². The Labute approximate surface area is 114 Å². The number of rotatable bonds is 4. The van der Waals surface area contributed by atoms with Gasteiger partial charge in [0.2, 0.25) is 0 Å². The Kier molecular flexibility index (Phi) is 4.77. The fraction of sp³-hybridized carbons (Fsp3) is 0.600. The predicted octanol–water partition coefficient (Wildman–Crippen LogP) is 2.11. The first-order valence-electron chi connectivity index (χ1n) is 6.95. The summed E-state index contributed by atoms with van der Waals surface area (Å²) in [5.74, 6) is 0.548. The molecule has 0 aromatic heterocycles. The fourth-order valence-corrected chi connectivity index (χ4v) is 2.74. The molecule has 106 valence electrons. The first-order chi connectivity index (χ1) is 9.17. The van der Waals surface area contributed by atoms with E-state index < -0.39 is 0 Å². The van der Waals surface area contributed by atoms with Crippen LogP contribution < -0.4 is 10.1 Å². The molecule has 1 N–H and O–H groups in total. The zero-order valence-electron chi connectivity index (χ0n) is 12.1. The molecule has 2 rings (SSSR count). The second kappa shape index (κ2) is 6.35. The van der Waals surface area contributed by atoms with E-state index in [4.69, 9.17) is 4.74 Å². The summed E-state index contributed by atoms with van der Waals surface area (Å²) in [6.07, 6.45) is 0.867. The number of ether oxygens (including phenoxy) is 1. The first kappa shape index (κ1) is 14.3. The maximum Gasteiger partial charge on any atom is 0.130 e. The number of piperazine rings is 1. The maximum absolute atomic E-state index is 14.0. The van der Waals surface area contributed by atoms with Gasteiger partial charge in [-0.25, -0.2) is 4.39 Å². The van der Waals surface area contributed by atoms with E-state index in [-0.39, 0.29) is 5.82 Å². The SMILES string of the molecule is CCc1c(CN2CCNCC2)cc(F)c(C)c1OC. The molecule has 1 aliphatic rings. The second-order valence-electron chi connectivity index (χ2n) is 5.03. The van der Waals surface area contributed by atoms with Gasteiger partial charge in [-0.3, -0.25) is 4.90 Å². The summed E-state index contributed by atoms with van der Waals surface area (Å²) >= 11 is 0. The van der Waals surface area contributed by atoms with Crippen LogP contribution in [0.4, 0.5) is 4.39 Å². The third-order valence-electron chi connectivity index (χ3n) is 3.82. The van der Waals surface area contributed by atoms with Gasteiger partial charge in [0.25, 0.3) is 0 Å². The third kappa shape index (κ3) is 3.07. The van der Waals surface area contributed by atoms with E-state index in [1.165, 1.54) is 0 Å². The zero-order chi connectivity index (χ0) is 13.8. The third-order valence-corrected chi connectivity index (χ3v) is 3.82. The van der Waals surface area contributed by atoms with E-state index in [0.29, 0.717) is 11.3 Å². The van der Waals surface area contributed by atoms with E-state index in [2.05, 4.69) is 17.1 Å². The average Bonchev–Trinajstić information content (AvgIpc) is 2.43. The number of halogens is 1. The van der Waals surface area contributed by atoms with Gasteiger partial charge in [0.05, 0.1) is 7.11 Å². The van der Waals surface area contributed by atoms with Gasteiger partial charge in [-0.1, -0.05) is 6.92 Å². The summed E-state index contributed by atoms with van der Waals surface area (Å²) in [6.45, 7) is 8.72. The molecule has 1 fully saturated rings. The lowest BCUT2D eigenvalue weighted by atomic mass is 9.99. The quantitative estimate of drug-likeness (QED) is 0.903. The van der Waals surface area contributed by atoms with Crippen LogP contribution >= 0.6 is 0 Å². The number of hydrogen-bond acceptors (Lipinski definition) is 3. The second-order valence-corrected chi connectivity index (χ2v) is 5.03. The van der Waals surface area contributed by atoms with Crippen LogP contribution in [0, 0.1) is 12.7 Å². The van der Waals surface area contributed by atoms with Crippen LogP contribution in [0.1, 0.15) is 23.6 Å². The van der Waals surface area contributed by atoms with Gasteiger partial charge in [0.1, 0.15) is 11.6 Å². The summed E-state index contributed by atoms with van der Waals surface area (Å²) in [5.41, 5.74) is 2.81. The van der Waals surface area contributed by atoms with E-state index >= 15 is 0 Å². The predicted molar refractivity (Wildman–Crippen MR) is 75.2 cm³/mol. The minimum Gasteiger partial charge on any atom is -0.496 e. The Morgan fingerprint density at radius 2 is 2.05 bits per heavy atom. The first-order valence-corrected chi connectivity index (χ1v) is 6.95. The average molecular weight is 266 g/mol. The lowest BCUT2D eigenvalue weighted by molar-refractivity contribution is 0.232. The van der Waals surface area contributed by atoms with Crippen molar-refractivity contribution in [2.75, 3.05) is 33.3 Å². The number of hydrogen-bond donors (Lipinski definition) is 1. The van der Waals surface area contributed by atoms with Crippen LogP contribution in [0.2, 0.25) is 0 Å². The van der Waals surface area contributed by atoms with E-state index in [1.807, 2.05) is 0 Å². The van der Waals surface area contributed by atoms with Gasteiger partial charge in [0.15, 0.2) is 0 Å². The highest BCUT2D eigenvalue weighted by Crippen LogP contribution is 2.30. The van der Waals surface area contributed by atoms with Crippen LogP contribution in [0.3, 0.4) is 0 Å². The molecule has 19 heavy (non-hydrogen) atoms. The molecule has 0 amide bonds. The minimum absolute atomic E-state index is 0.167. The summed E-state index contributed by atoms with van der Waals surface area (Å²) in [4.78, 5) is 2.36. The number of benzene rings is 1. The molecular formula is C15H23FN2O. The van der Waals surface area contributed by atoms with Gasteiger partial charge >= 0.3 is 0 Å². The topological polar surface area (TPSA) is 24.5 Å². The normalized spacial score (nSPS) is 16.6. The Bertz CT molecular complexity index is 442. The van der Waals surface area contributed by atoms with Crippen LogP contribution in [0.5, 0.6) is 5.75 Å². The fourth-order valence-electron chi connectivity index (χ4n) is 2.74. The molecule has 0 radical (unpaired) electrons. The maximum atomic E-state index is 14.0. The Hall–Kier alpha value is -1.13. The van der Waals surface area contributed by atoms with E-state index in [0.717, 1.165) is 50.3 Å².